The van der Waals surface area contributed by atoms with Crippen LogP contribution < -0.4 is 4.72 Å². The second kappa shape index (κ2) is 6.47. The molecule has 0 spiro atoms. The smallest absolute Gasteiger partial charge is 0.264 e. The van der Waals surface area contributed by atoms with Gasteiger partial charge >= 0.3 is 0 Å². The van der Waals surface area contributed by atoms with Crippen LogP contribution in [0.15, 0.2) is 65.0 Å². The molecule has 26 heavy (non-hydrogen) atoms. The van der Waals surface area contributed by atoms with Crippen molar-refractivity contribution in [3.63, 3.8) is 0 Å². The minimum Gasteiger partial charge on any atom is -0.280 e. The third-order valence-corrected chi connectivity index (χ3v) is 5.81. The molecule has 0 fully saturated rings. The lowest BCUT2D eigenvalue weighted by Gasteiger charge is -2.10. The van der Waals surface area contributed by atoms with E-state index in [1.54, 1.807) is 42.6 Å². The number of nitrogens with zero attached hydrogens (tertiary/aromatic N) is 3. The summed E-state index contributed by atoms with van der Waals surface area (Å²) < 4.78 is 32.1. The molecular formula is C18H14N4O2S2. The number of anilines is 1. The Labute approximate surface area is 154 Å². The third kappa shape index (κ3) is 3.16. The second-order valence-electron chi connectivity index (χ2n) is 5.81. The van der Waals surface area contributed by atoms with Crippen LogP contribution in [0.25, 0.3) is 22.2 Å². The molecular weight excluding hydrogens is 368 g/mol. The van der Waals surface area contributed by atoms with Gasteiger partial charge in [0.2, 0.25) is 0 Å². The number of benzene rings is 2. The van der Waals surface area contributed by atoms with Crippen molar-refractivity contribution in [2.45, 2.75) is 11.8 Å². The van der Waals surface area contributed by atoms with E-state index in [4.69, 9.17) is 0 Å². The standard InChI is InChI=1S/C18H14N4O2S2/c1-12-9-14-3-2-4-17(18(14)19-10-12)26(23,24)21-15-7-5-13(6-8-15)16-11-25-22-20-16/h2-11,21H,1H3. The first kappa shape index (κ1) is 16.6. The lowest BCUT2D eigenvalue weighted by Crippen LogP contribution is -2.13. The van der Waals surface area contributed by atoms with Crippen LogP contribution in [0.2, 0.25) is 0 Å². The maximum Gasteiger partial charge on any atom is 0.264 e. The number of sulfonamides is 1. The van der Waals surface area contributed by atoms with E-state index in [9.17, 15) is 8.42 Å². The lowest BCUT2D eigenvalue weighted by atomic mass is 10.2. The Morgan fingerprint density at radius 1 is 1.08 bits per heavy atom. The van der Waals surface area contributed by atoms with Crippen molar-refractivity contribution in [1.82, 2.24) is 14.6 Å². The summed E-state index contributed by atoms with van der Waals surface area (Å²) in [5.74, 6) is 0. The van der Waals surface area contributed by atoms with Crippen LogP contribution in [-0.2, 0) is 10.0 Å². The number of rotatable bonds is 4. The molecule has 0 aliphatic rings. The van der Waals surface area contributed by atoms with Gasteiger partial charge in [0.05, 0.1) is 5.52 Å². The zero-order valence-electron chi connectivity index (χ0n) is 13.7. The van der Waals surface area contributed by atoms with Gasteiger partial charge < -0.3 is 0 Å². The molecule has 2 aromatic heterocycles. The summed E-state index contributed by atoms with van der Waals surface area (Å²) in [4.78, 5) is 4.46. The second-order valence-corrected chi connectivity index (χ2v) is 8.07. The summed E-state index contributed by atoms with van der Waals surface area (Å²) in [6, 6.07) is 14.1. The number of para-hydroxylation sites is 1. The van der Waals surface area contributed by atoms with E-state index in [2.05, 4.69) is 19.3 Å². The molecule has 0 radical (unpaired) electrons. The van der Waals surface area contributed by atoms with Crippen molar-refractivity contribution in [2.75, 3.05) is 4.72 Å². The molecule has 6 nitrogen and oxygen atoms in total. The Hall–Kier alpha value is -2.84. The Morgan fingerprint density at radius 3 is 2.62 bits per heavy atom. The van der Waals surface area contributed by atoms with E-state index >= 15 is 0 Å². The van der Waals surface area contributed by atoms with Crippen LogP contribution in [0.1, 0.15) is 5.56 Å². The summed E-state index contributed by atoms with van der Waals surface area (Å²) in [6.45, 7) is 1.92. The van der Waals surface area contributed by atoms with Gasteiger partial charge in [0, 0.05) is 28.2 Å². The highest BCUT2D eigenvalue weighted by Gasteiger charge is 2.18. The van der Waals surface area contributed by atoms with Crippen molar-refractivity contribution < 1.29 is 8.42 Å². The molecule has 130 valence electrons. The zero-order valence-corrected chi connectivity index (χ0v) is 15.4. The molecule has 4 aromatic rings. The first-order chi connectivity index (χ1) is 12.5. The van der Waals surface area contributed by atoms with Gasteiger partial charge in [0.1, 0.15) is 10.6 Å². The molecule has 2 heterocycles. The normalized spacial score (nSPS) is 11.6. The predicted octanol–water partition coefficient (Wildman–Crippen LogP) is 3.86. The summed E-state index contributed by atoms with van der Waals surface area (Å²) >= 11 is 1.27. The Balaban J connectivity index is 1.68. The van der Waals surface area contributed by atoms with E-state index in [-0.39, 0.29) is 4.90 Å². The van der Waals surface area contributed by atoms with Crippen LogP contribution in [0, 0.1) is 6.92 Å². The number of aromatic nitrogens is 3. The molecule has 0 amide bonds. The fourth-order valence-corrected chi connectivity index (χ4v) is 4.37. The SMILES string of the molecule is Cc1cnc2c(S(=O)(=O)Nc3ccc(-c4csnn4)cc3)cccc2c1. The largest absolute Gasteiger partial charge is 0.280 e. The van der Waals surface area contributed by atoms with E-state index < -0.39 is 10.0 Å². The molecule has 0 bridgehead atoms. The van der Waals surface area contributed by atoms with Crippen molar-refractivity contribution in [2.24, 2.45) is 0 Å². The maximum atomic E-state index is 12.8. The maximum absolute atomic E-state index is 12.8. The highest BCUT2D eigenvalue weighted by Crippen LogP contribution is 2.25. The molecule has 0 aliphatic heterocycles. The van der Waals surface area contributed by atoms with Gasteiger partial charge in [-0.1, -0.05) is 28.8 Å². The average molecular weight is 382 g/mol. The van der Waals surface area contributed by atoms with Crippen LogP contribution in [0.4, 0.5) is 5.69 Å². The quantitative estimate of drug-likeness (QED) is 0.579. The van der Waals surface area contributed by atoms with E-state index in [0.717, 1.165) is 22.2 Å². The fraction of sp³-hybridized carbons (Fsp3) is 0.0556. The molecule has 8 heteroatoms. The minimum atomic E-state index is -3.76. The van der Waals surface area contributed by atoms with Crippen LogP contribution in [0.5, 0.6) is 0 Å². The number of aryl methyl sites for hydroxylation is 1. The lowest BCUT2D eigenvalue weighted by molar-refractivity contribution is 0.602. The number of fused-ring (bicyclic) bond motifs is 1. The number of pyridine rings is 1. The summed E-state index contributed by atoms with van der Waals surface area (Å²) in [6.07, 6.45) is 1.66. The van der Waals surface area contributed by atoms with Crippen molar-refractivity contribution in [3.8, 4) is 11.3 Å². The topological polar surface area (TPSA) is 84.8 Å². The highest BCUT2D eigenvalue weighted by molar-refractivity contribution is 7.93. The molecule has 0 atom stereocenters. The Bertz CT molecular complexity index is 1170. The minimum absolute atomic E-state index is 0.155. The van der Waals surface area contributed by atoms with Gasteiger partial charge in [-0.25, -0.2) is 8.42 Å². The summed E-state index contributed by atoms with van der Waals surface area (Å²) in [5.41, 5.74) is 3.55. The van der Waals surface area contributed by atoms with Crippen LogP contribution in [0.3, 0.4) is 0 Å². The van der Waals surface area contributed by atoms with Crippen molar-refractivity contribution >= 4 is 38.1 Å². The number of nitrogens with one attached hydrogen (secondary N) is 1. The van der Waals surface area contributed by atoms with Crippen molar-refractivity contribution in [3.05, 3.63) is 65.7 Å². The van der Waals surface area contributed by atoms with E-state index in [1.807, 2.05) is 24.4 Å². The monoisotopic (exact) mass is 382 g/mol. The molecule has 4 rings (SSSR count). The molecule has 2 aromatic carbocycles. The Morgan fingerprint density at radius 2 is 1.88 bits per heavy atom. The van der Waals surface area contributed by atoms with E-state index in [1.165, 1.54) is 11.5 Å². The molecule has 0 saturated heterocycles. The summed E-state index contributed by atoms with van der Waals surface area (Å²) in [5, 5.41) is 6.63. The van der Waals surface area contributed by atoms with Crippen molar-refractivity contribution in [1.29, 1.82) is 0 Å². The van der Waals surface area contributed by atoms with Gasteiger partial charge in [0.25, 0.3) is 10.0 Å². The third-order valence-electron chi connectivity index (χ3n) is 3.89. The number of hydrogen-bond donors (Lipinski definition) is 1. The first-order valence-electron chi connectivity index (χ1n) is 7.79. The number of hydrogen-bond acceptors (Lipinski definition) is 6. The molecule has 0 aliphatic carbocycles. The fourth-order valence-electron chi connectivity index (χ4n) is 2.67. The predicted molar refractivity (Wildman–Crippen MR) is 103 cm³/mol. The van der Waals surface area contributed by atoms with Gasteiger partial charge in [-0.2, -0.15) is 0 Å². The molecule has 0 unspecified atom stereocenters. The van der Waals surface area contributed by atoms with Crippen LogP contribution >= 0.6 is 11.5 Å². The van der Waals surface area contributed by atoms with Gasteiger partial charge in [-0.3, -0.25) is 9.71 Å². The van der Waals surface area contributed by atoms with Crippen LogP contribution in [-0.4, -0.2) is 23.0 Å². The van der Waals surface area contributed by atoms with Gasteiger partial charge in [-0.05, 0) is 48.3 Å². The zero-order chi connectivity index (χ0) is 18.1. The molecule has 0 saturated carbocycles. The first-order valence-corrected chi connectivity index (χ1v) is 10.1. The summed E-state index contributed by atoms with van der Waals surface area (Å²) in [7, 11) is -3.76. The van der Waals surface area contributed by atoms with Gasteiger partial charge in [0.15, 0.2) is 0 Å². The Kier molecular flexibility index (Phi) is 4.14. The van der Waals surface area contributed by atoms with Gasteiger partial charge in [-0.15, -0.1) is 5.10 Å². The average Bonchev–Trinajstić information content (AvgIpc) is 3.16. The van der Waals surface area contributed by atoms with E-state index in [0.29, 0.717) is 11.2 Å². The molecule has 1 N–H and O–H groups in total. The highest BCUT2D eigenvalue weighted by atomic mass is 32.2.